The summed E-state index contributed by atoms with van der Waals surface area (Å²) in [4.78, 5) is 2.20. The predicted octanol–water partition coefficient (Wildman–Crippen LogP) is 2.37. The Labute approximate surface area is 112 Å². The van der Waals surface area contributed by atoms with E-state index in [0.29, 0.717) is 12.6 Å². The molecule has 1 aromatic carbocycles. The van der Waals surface area contributed by atoms with Crippen molar-refractivity contribution in [3.05, 3.63) is 28.7 Å². The average molecular weight is 301 g/mol. The van der Waals surface area contributed by atoms with Gasteiger partial charge in [0.15, 0.2) is 0 Å². The molecule has 96 valence electrons. The van der Waals surface area contributed by atoms with Crippen molar-refractivity contribution in [2.75, 3.05) is 33.8 Å². The Kier molecular flexibility index (Phi) is 6.55. The zero-order chi connectivity index (χ0) is 12.7. The van der Waals surface area contributed by atoms with Gasteiger partial charge in [-0.1, -0.05) is 22.0 Å². The highest BCUT2D eigenvalue weighted by atomic mass is 79.9. The summed E-state index contributed by atoms with van der Waals surface area (Å²) < 4.78 is 6.67. The van der Waals surface area contributed by atoms with Crippen LogP contribution in [0.1, 0.15) is 6.92 Å². The minimum atomic E-state index is 0.542. The van der Waals surface area contributed by atoms with Crippen molar-refractivity contribution in [2.24, 2.45) is 0 Å². The number of nitrogens with zero attached hydrogens (tertiary/aromatic N) is 1. The Morgan fingerprint density at radius 1 is 1.41 bits per heavy atom. The third-order valence-electron chi connectivity index (χ3n) is 2.66. The van der Waals surface area contributed by atoms with Gasteiger partial charge in [0.25, 0.3) is 0 Å². The molecule has 3 nitrogen and oxygen atoms in total. The number of hydrogen-bond donors (Lipinski definition) is 1. The van der Waals surface area contributed by atoms with E-state index in [1.165, 1.54) is 0 Å². The first-order valence-electron chi connectivity index (χ1n) is 5.85. The lowest BCUT2D eigenvalue weighted by Gasteiger charge is -2.20. The second-order valence-corrected chi connectivity index (χ2v) is 5.24. The van der Waals surface area contributed by atoms with E-state index in [-0.39, 0.29) is 0 Å². The van der Waals surface area contributed by atoms with Gasteiger partial charge in [-0.2, -0.15) is 0 Å². The summed E-state index contributed by atoms with van der Waals surface area (Å²) in [5.74, 6) is 0.904. The smallest absolute Gasteiger partial charge is 0.120 e. The van der Waals surface area contributed by atoms with Crippen molar-refractivity contribution in [1.82, 2.24) is 10.2 Å². The minimum Gasteiger partial charge on any atom is -0.492 e. The fourth-order valence-corrected chi connectivity index (χ4v) is 1.67. The number of benzene rings is 1. The van der Waals surface area contributed by atoms with Crippen LogP contribution in [0.3, 0.4) is 0 Å². The first-order valence-corrected chi connectivity index (χ1v) is 6.64. The van der Waals surface area contributed by atoms with Crippen LogP contribution in [-0.2, 0) is 0 Å². The van der Waals surface area contributed by atoms with Crippen molar-refractivity contribution >= 4 is 15.9 Å². The van der Waals surface area contributed by atoms with Gasteiger partial charge >= 0.3 is 0 Å². The first-order chi connectivity index (χ1) is 8.09. The lowest BCUT2D eigenvalue weighted by Crippen LogP contribution is -2.36. The van der Waals surface area contributed by atoms with Gasteiger partial charge in [0.05, 0.1) is 0 Å². The summed E-state index contributed by atoms with van der Waals surface area (Å²) in [5, 5.41) is 3.37. The summed E-state index contributed by atoms with van der Waals surface area (Å²) in [7, 11) is 4.18. The van der Waals surface area contributed by atoms with Crippen molar-refractivity contribution in [3.8, 4) is 5.75 Å². The Morgan fingerprint density at radius 2 is 2.18 bits per heavy atom. The molecule has 0 spiro atoms. The third-order valence-corrected chi connectivity index (χ3v) is 3.16. The number of rotatable bonds is 7. The highest BCUT2D eigenvalue weighted by molar-refractivity contribution is 9.10. The molecule has 0 aliphatic rings. The van der Waals surface area contributed by atoms with Crippen LogP contribution < -0.4 is 10.1 Å². The molecular weight excluding hydrogens is 280 g/mol. The Bertz CT molecular complexity index is 331. The maximum absolute atomic E-state index is 5.62. The SMILES string of the molecule is CC(CNCCOc1cccc(Br)c1)N(C)C. The molecule has 1 atom stereocenters. The summed E-state index contributed by atoms with van der Waals surface area (Å²) in [5.41, 5.74) is 0. The highest BCUT2D eigenvalue weighted by Crippen LogP contribution is 2.17. The zero-order valence-electron chi connectivity index (χ0n) is 10.7. The monoisotopic (exact) mass is 300 g/mol. The molecule has 0 heterocycles. The number of likely N-dealkylation sites (N-methyl/N-ethyl adjacent to an activating group) is 1. The van der Waals surface area contributed by atoms with Gasteiger partial charge in [-0.3, -0.25) is 0 Å². The van der Waals surface area contributed by atoms with Crippen molar-refractivity contribution < 1.29 is 4.74 Å². The Hall–Kier alpha value is -0.580. The van der Waals surface area contributed by atoms with Crippen LogP contribution in [0, 0.1) is 0 Å². The van der Waals surface area contributed by atoms with Crippen LogP contribution >= 0.6 is 15.9 Å². The summed E-state index contributed by atoms with van der Waals surface area (Å²) in [6, 6.07) is 8.45. The predicted molar refractivity (Wildman–Crippen MR) is 75.7 cm³/mol. The number of ether oxygens (including phenoxy) is 1. The average Bonchev–Trinajstić information content (AvgIpc) is 2.28. The van der Waals surface area contributed by atoms with Crippen molar-refractivity contribution in [1.29, 1.82) is 0 Å². The zero-order valence-corrected chi connectivity index (χ0v) is 12.3. The molecule has 1 aromatic rings. The Morgan fingerprint density at radius 3 is 2.82 bits per heavy atom. The molecule has 0 aromatic heterocycles. The fraction of sp³-hybridized carbons (Fsp3) is 0.538. The molecule has 4 heteroatoms. The number of hydrogen-bond acceptors (Lipinski definition) is 3. The van der Waals surface area contributed by atoms with Gasteiger partial charge < -0.3 is 15.0 Å². The number of nitrogens with one attached hydrogen (secondary N) is 1. The molecule has 1 unspecified atom stereocenters. The van der Waals surface area contributed by atoms with E-state index in [9.17, 15) is 0 Å². The lowest BCUT2D eigenvalue weighted by molar-refractivity contribution is 0.280. The van der Waals surface area contributed by atoms with Crippen LogP contribution in [0.25, 0.3) is 0 Å². The normalized spacial score (nSPS) is 12.8. The van der Waals surface area contributed by atoms with Crippen molar-refractivity contribution in [3.63, 3.8) is 0 Å². The summed E-state index contributed by atoms with van der Waals surface area (Å²) in [6.07, 6.45) is 0. The van der Waals surface area contributed by atoms with Crippen LogP contribution in [-0.4, -0.2) is 44.7 Å². The van der Waals surface area contributed by atoms with E-state index >= 15 is 0 Å². The maximum Gasteiger partial charge on any atom is 0.120 e. The minimum absolute atomic E-state index is 0.542. The van der Waals surface area contributed by atoms with E-state index < -0.39 is 0 Å². The molecule has 1 N–H and O–H groups in total. The molecule has 0 aliphatic heterocycles. The molecular formula is C13H21BrN2O. The van der Waals surface area contributed by atoms with E-state index in [2.05, 4.69) is 47.2 Å². The molecule has 0 radical (unpaired) electrons. The quantitative estimate of drug-likeness (QED) is 0.783. The van der Waals surface area contributed by atoms with Gasteiger partial charge in [0.1, 0.15) is 12.4 Å². The highest BCUT2D eigenvalue weighted by Gasteiger charge is 2.02. The summed E-state index contributed by atoms with van der Waals surface area (Å²) >= 11 is 3.42. The lowest BCUT2D eigenvalue weighted by atomic mass is 10.3. The van der Waals surface area contributed by atoms with E-state index in [0.717, 1.165) is 23.3 Å². The third kappa shape index (κ3) is 6.05. The Balaban J connectivity index is 2.12. The second kappa shape index (κ2) is 7.69. The standard InChI is InChI=1S/C13H21BrN2O/c1-11(16(2)3)10-15-7-8-17-13-6-4-5-12(14)9-13/h4-6,9,11,15H,7-8,10H2,1-3H3. The van der Waals surface area contributed by atoms with Gasteiger partial charge in [-0.15, -0.1) is 0 Å². The molecule has 0 fully saturated rings. The maximum atomic E-state index is 5.62. The van der Waals surface area contributed by atoms with Gasteiger partial charge in [-0.05, 0) is 39.2 Å². The van der Waals surface area contributed by atoms with E-state index in [1.54, 1.807) is 0 Å². The molecule has 0 saturated heterocycles. The van der Waals surface area contributed by atoms with Crippen LogP contribution in [0.2, 0.25) is 0 Å². The fourth-order valence-electron chi connectivity index (χ4n) is 1.29. The van der Waals surface area contributed by atoms with Crippen molar-refractivity contribution in [2.45, 2.75) is 13.0 Å². The summed E-state index contributed by atoms with van der Waals surface area (Å²) in [6.45, 7) is 4.73. The molecule has 0 saturated carbocycles. The van der Waals surface area contributed by atoms with Gasteiger partial charge in [0.2, 0.25) is 0 Å². The van der Waals surface area contributed by atoms with E-state index in [4.69, 9.17) is 4.74 Å². The molecule has 0 bridgehead atoms. The van der Waals surface area contributed by atoms with Crippen LogP contribution in [0.5, 0.6) is 5.75 Å². The second-order valence-electron chi connectivity index (χ2n) is 4.32. The first kappa shape index (κ1) is 14.5. The molecule has 17 heavy (non-hydrogen) atoms. The number of halogens is 1. The molecule has 1 rings (SSSR count). The van der Waals surface area contributed by atoms with E-state index in [1.807, 2.05) is 24.3 Å². The van der Waals surface area contributed by atoms with Gasteiger partial charge in [0, 0.05) is 23.6 Å². The molecule has 0 amide bonds. The largest absolute Gasteiger partial charge is 0.492 e. The van der Waals surface area contributed by atoms with Crippen LogP contribution in [0.15, 0.2) is 28.7 Å². The van der Waals surface area contributed by atoms with Crippen LogP contribution in [0.4, 0.5) is 0 Å². The van der Waals surface area contributed by atoms with Gasteiger partial charge in [-0.25, -0.2) is 0 Å². The topological polar surface area (TPSA) is 24.5 Å². The molecule has 0 aliphatic carbocycles.